The maximum Gasteiger partial charge on any atom is 0.142 e. The number of hydrogen-bond acceptors (Lipinski definition) is 2. The van der Waals surface area contributed by atoms with Crippen LogP contribution in [0.2, 0.25) is 10.0 Å². The highest BCUT2D eigenvalue weighted by Crippen LogP contribution is 2.26. The van der Waals surface area contributed by atoms with Crippen molar-refractivity contribution in [3.63, 3.8) is 0 Å². The van der Waals surface area contributed by atoms with Crippen molar-refractivity contribution in [1.82, 2.24) is 5.43 Å². The summed E-state index contributed by atoms with van der Waals surface area (Å²) in [5, 5.41) is 0.776. The number of rotatable bonds is 4. The molecule has 20 heavy (non-hydrogen) atoms. The molecule has 0 radical (unpaired) electrons. The minimum Gasteiger partial charge on any atom is -0.271 e. The SMILES string of the molecule is Cc1ccc(CC(NN)c2ccc(Cl)c(F)c2)c(Cl)c1. The highest BCUT2D eigenvalue weighted by molar-refractivity contribution is 6.31. The van der Waals surface area contributed by atoms with Gasteiger partial charge in [0.25, 0.3) is 0 Å². The van der Waals surface area contributed by atoms with Gasteiger partial charge in [0.15, 0.2) is 0 Å². The Morgan fingerprint density at radius 1 is 1.15 bits per heavy atom. The lowest BCUT2D eigenvalue weighted by Gasteiger charge is -2.17. The van der Waals surface area contributed by atoms with Gasteiger partial charge >= 0.3 is 0 Å². The van der Waals surface area contributed by atoms with Gasteiger partial charge in [-0.25, -0.2) is 4.39 Å². The zero-order valence-electron chi connectivity index (χ0n) is 11.0. The molecule has 2 rings (SSSR count). The third kappa shape index (κ3) is 3.49. The summed E-state index contributed by atoms with van der Waals surface area (Å²) in [6, 6.07) is 10.3. The van der Waals surface area contributed by atoms with Crippen LogP contribution in [-0.2, 0) is 6.42 Å². The summed E-state index contributed by atoms with van der Waals surface area (Å²) in [7, 11) is 0. The quantitative estimate of drug-likeness (QED) is 0.656. The van der Waals surface area contributed by atoms with E-state index in [9.17, 15) is 4.39 Å². The minimum absolute atomic E-state index is 0.0953. The summed E-state index contributed by atoms with van der Waals surface area (Å²) in [6.45, 7) is 1.98. The van der Waals surface area contributed by atoms with Gasteiger partial charge in [-0.1, -0.05) is 41.4 Å². The molecule has 0 aromatic heterocycles. The van der Waals surface area contributed by atoms with E-state index in [0.29, 0.717) is 11.4 Å². The maximum absolute atomic E-state index is 13.5. The Morgan fingerprint density at radius 2 is 1.90 bits per heavy atom. The lowest BCUT2D eigenvalue weighted by atomic mass is 9.98. The van der Waals surface area contributed by atoms with Crippen molar-refractivity contribution >= 4 is 23.2 Å². The van der Waals surface area contributed by atoms with E-state index in [2.05, 4.69) is 5.43 Å². The van der Waals surface area contributed by atoms with Crippen molar-refractivity contribution in [2.75, 3.05) is 0 Å². The second kappa shape index (κ2) is 6.55. The molecular formula is C15H15Cl2FN2. The maximum atomic E-state index is 13.5. The largest absolute Gasteiger partial charge is 0.271 e. The topological polar surface area (TPSA) is 38.0 Å². The fourth-order valence-corrected chi connectivity index (χ4v) is 2.47. The molecule has 2 nitrogen and oxygen atoms in total. The molecule has 3 N–H and O–H groups in total. The van der Waals surface area contributed by atoms with Gasteiger partial charge < -0.3 is 0 Å². The second-order valence-electron chi connectivity index (χ2n) is 4.69. The summed E-state index contributed by atoms with van der Waals surface area (Å²) in [4.78, 5) is 0. The van der Waals surface area contributed by atoms with Crippen LogP contribution >= 0.6 is 23.2 Å². The monoisotopic (exact) mass is 312 g/mol. The molecule has 0 saturated carbocycles. The van der Waals surface area contributed by atoms with Crippen LogP contribution in [0.3, 0.4) is 0 Å². The summed E-state index contributed by atoms with van der Waals surface area (Å²) in [5.41, 5.74) is 5.46. The molecule has 2 aromatic carbocycles. The Morgan fingerprint density at radius 3 is 2.50 bits per heavy atom. The van der Waals surface area contributed by atoms with E-state index in [1.807, 2.05) is 25.1 Å². The predicted octanol–water partition coefficient (Wildman–Crippen LogP) is 4.19. The molecule has 0 spiro atoms. The zero-order chi connectivity index (χ0) is 14.7. The van der Waals surface area contributed by atoms with Gasteiger partial charge in [0, 0.05) is 5.02 Å². The molecule has 2 aromatic rings. The fraction of sp³-hybridized carbons (Fsp3) is 0.200. The van der Waals surface area contributed by atoms with Gasteiger partial charge in [0.05, 0.1) is 11.1 Å². The first-order chi connectivity index (χ1) is 9.51. The fourth-order valence-electron chi connectivity index (χ4n) is 2.04. The van der Waals surface area contributed by atoms with Gasteiger partial charge in [0.1, 0.15) is 5.82 Å². The molecule has 0 bridgehead atoms. The summed E-state index contributed by atoms with van der Waals surface area (Å²) < 4.78 is 13.5. The number of nitrogens with one attached hydrogen (secondary N) is 1. The van der Waals surface area contributed by atoms with Crippen molar-refractivity contribution < 1.29 is 4.39 Å². The van der Waals surface area contributed by atoms with Crippen LogP contribution in [0.1, 0.15) is 22.7 Å². The summed E-state index contributed by atoms with van der Waals surface area (Å²) >= 11 is 11.9. The second-order valence-corrected chi connectivity index (χ2v) is 5.51. The third-order valence-corrected chi connectivity index (χ3v) is 3.84. The first-order valence-corrected chi connectivity index (χ1v) is 6.93. The van der Waals surface area contributed by atoms with Gasteiger partial charge in [0.2, 0.25) is 0 Å². The Balaban J connectivity index is 2.26. The van der Waals surface area contributed by atoms with Gasteiger partial charge in [-0.2, -0.15) is 0 Å². The van der Waals surface area contributed by atoms with E-state index in [0.717, 1.165) is 16.7 Å². The van der Waals surface area contributed by atoms with Crippen molar-refractivity contribution in [2.45, 2.75) is 19.4 Å². The number of benzene rings is 2. The van der Waals surface area contributed by atoms with E-state index < -0.39 is 5.82 Å². The molecule has 0 amide bonds. The normalized spacial score (nSPS) is 12.4. The average molecular weight is 313 g/mol. The lowest BCUT2D eigenvalue weighted by Crippen LogP contribution is -2.29. The highest BCUT2D eigenvalue weighted by Gasteiger charge is 2.14. The van der Waals surface area contributed by atoms with Gasteiger partial charge in [-0.05, 0) is 48.2 Å². The molecule has 0 aliphatic heterocycles. The molecule has 0 aliphatic rings. The Labute approximate surface area is 127 Å². The van der Waals surface area contributed by atoms with Crippen LogP contribution in [0, 0.1) is 12.7 Å². The van der Waals surface area contributed by atoms with E-state index in [4.69, 9.17) is 29.0 Å². The van der Waals surface area contributed by atoms with E-state index >= 15 is 0 Å². The van der Waals surface area contributed by atoms with Crippen LogP contribution in [0.25, 0.3) is 0 Å². The van der Waals surface area contributed by atoms with Gasteiger partial charge in [-0.15, -0.1) is 0 Å². The number of nitrogens with two attached hydrogens (primary N) is 1. The molecular weight excluding hydrogens is 298 g/mol. The van der Waals surface area contributed by atoms with Crippen LogP contribution in [-0.4, -0.2) is 0 Å². The smallest absolute Gasteiger partial charge is 0.142 e. The lowest BCUT2D eigenvalue weighted by molar-refractivity contribution is 0.544. The van der Waals surface area contributed by atoms with Crippen LogP contribution in [0.15, 0.2) is 36.4 Å². The van der Waals surface area contributed by atoms with E-state index in [1.54, 1.807) is 6.07 Å². The summed E-state index contributed by atoms with van der Waals surface area (Å²) in [6.07, 6.45) is 0.566. The first kappa shape index (κ1) is 15.3. The van der Waals surface area contributed by atoms with Crippen molar-refractivity contribution in [3.8, 4) is 0 Å². The zero-order valence-corrected chi connectivity index (χ0v) is 12.5. The van der Waals surface area contributed by atoms with E-state index in [-0.39, 0.29) is 11.1 Å². The summed E-state index contributed by atoms with van der Waals surface area (Å²) in [5.74, 6) is 5.11. The molecule has 0 heterocycles. The molecule has 0 fully saturated rings. The Kier molecular flexibility index (Phi) is 5.00. The Hall–Kier alpha value is -1.13. The van der Waals surface area contributed by atoms with Crippen LogP contribution in [0.4, 0.5) is 4.39 Å². The van der Waals surface area contributed by atoms with Crippen molar-refractivity contribution in [1.29, 1.82) is 0 Å². The Bertz CT molecular complexity index is 617. The number of hydrogen-bond donors (Lipinski definition) is 2. The molecule has 5 heteroatoms. The van der Waals surface area contributed by atoms with Crippen molar-refractivity contribution in [2.24, 2.45) is 5.84 Å². The molecule has 0 saturated heterocycles. The van der Waals surface area contributed by atoms with Crippen molar-refractivity contribution in [3.05, 3.63) is 69.0 Å². The number of hydrazine groups is 1. The minimum atomic E-state index is -0.459. The third-order valence-electron chi connectivity index (χ3n) is 3.18. The van der Waals surface area contributed by atoms with Crippen LogP contribution < -0.4 is 11.3 Å². The standard InChI is InChI=1S/C15H15Cl2FN2/c1-9-2-3-10(13(17)6-9)8-15(20-19)11-4-5-12(16)14(18)7-11/h2-7,15,20H,8,19H2,1H3. The molecule has 106 valence electrons. The number of aryl methyl sites for hydroxylation is 1. The molecule has 1 unspecified atom stereocenters. The molecule has 0 aliphatic carbocycles. The van der Waals surface area contributed by atoms with Crippen LogP contribution in [0.5, 0.6) is 0 Å². The highest BCUT2D eigenvalue weighted by atomic mass is 35.5. The average Bonchev–Trinajstić information content (AvgIpc) is 2.41. The predicted molar refractivity (Wildman–Crippen MR) is 81.4 cm³/mol. The molecule has 1 atom stereocenters. The number of halogens is 3. The van der Waals surface area contributed by atoms with E-state index in [1.165, 1.54) is 12.1 Å². The van der Waals surface area contributed by atoms with Gasteiger partial charge in [-0.3, -0.25) is 11.3 Å². The first-order valence-electron chi connectivity index (χ1n) is 6.17.